The Morgan fingerprint density at radius 2 is 1.78 bits per heavy atom. The molecule has 1 aliphatic rings. The van der Waals surface area contributed by atoms with Crippen LogP contribution in [-0.4, -0.2) is 35.9 Å². The Kier molecular flexibility index (Phi) is 7.31. The van der Waals surface area contributed by atoms with Gasteiger partial charge in [-0.05, 0) is 62.7 Å². The van der Waals surface area contributed by atoms with Gasteiger partial charge in [-0.25, -0.2) is 4.99 Å². The molecule has 2 heterocycles. The standard InChI is InChI=1S/C21H24N4.2ClH/c1-25-11-9-15(10-12-25)19-14-23-20-8-7-17(13-18(19)20)24-21(22)16-5-3-2-4-6-16;;/h2-8,13-15,23H,9-12H2,1H3,(H2,22,24);2*1H. The summed E-state index contributed by atoms with van der Waals surface area (Å²) in [7, 11) is 2.20. The number of hydrogen-bond donors (Lipinski definition) is 2. The van der Waals surface area contributed by atoms with Crippen LogP contribution in [0.25, 0.3) is 10.9 Å². The van der Waals surface area contributed by atoms with Gasteiger partial charge in [-0.2, -0.15) is 0 Å². The van der Waals surface area contributed by atoms with Gasteiger partial charge in [0.2, 0.25) is 0 Å². The number of piperidine rings is 1. The topological polar surface area (TPSA) is 57.4 Å². The molecule has 1 aromatic heterocycles. The van der Waals surface area contributed by atoms with E-state index in [1.807, 2.05) is 36.4 Å². The molecule has 144 valence electrons. The van der Waals surface area contributed by atoms with Crippen molar-refractivity contribution in [1.82, 2.24) is 9.88 Å². The SMILES string of the molecule is CN1CCC(c2c[nH]c3ccc(N=C(N)c4ccccc4)cc23)CC1.Cl.Cl. The molecule has 0 amide bonds. The molecule has 0 bridgehead atoms. The van der Waals surface area contributed by atoms with E-state index in [1.165, 1.54) is 29.3 Å². The van der Waals surface area contributed by atoms with Gasteiger partial charge in [0.05, 0.1) is 5.69 Å². The molecule has 3 aromatic rings. The van der Waals surface area contributed by atoms with E-state index in [-0.39, 0.29) is 24.8 Å². The number of halogens is 2. The number of H-pyrrole nitrogens is 1. The van der Waals surface area contributed by atoms with E-state index < -0.39 is 0 Å². The molecule has 0 spiro atoms. The number of amidine groups is 1. The van der Waals surface area contributed by atoms with Crippen molar-refractivity contribution in [2.75, 3.05) is 20.1 Å². The van der Waals surface area contributed by atoms with Crippen LogP contribution in [0.5, 0.6) is 0 Å². The molecule has 6 heteroatoms. The number of nitrogens with two attached hydrogens (primary N) is 1. The second kappa shape index (κ2) is 9.27. The van der Waals surface area contributed by atoms with E-state index in [4.69, 9.17) is 5.73 Å². The number of rotatable bonds is 3. The number of aromatic amines is 1. The maximum absolute atomic E-state index is 6.18. The molecular weight excluding hydrogens is 379 g/mol. The zero-order valence-corrected chi connectivity index (χ0v) is 17.0. The van der Waals surface area contributed by atoms with Gasteiger partial charge < -0.3 is 15.6 Å². The van der Waals surface area contributed by atoms with Crippen LogP contribution in [0.2, 0.25) is 0 Å². The number of hydrogen-bond acceptors (Lipinski definition) is 2. The Bertz CT molecular complexity index is 897. The highest BCUT2D eigenvalue weighted by atomic mass is 35.5. The summed E-state index contributed by atoms with van der Waals surface area (Å²) < 4.78 is 0. The van der Waals surface area contributed by atoms with Crippen LogP contribution in [0.15, 0.2) is 59.7 Å². The predicted molar refractivity (Wildman–Crippen MR) is 119 cm³/mol. The van der Waals surface area contributed by atoms with Crippen LogP contribution < -0.4 is 5.73 Å². The van der Waals surface area contributed by atoms with Gasteiger partial charge in [-0.15, -0.1) is 24.8 Å². The smallest absolute Gasteiger partial charge is 0.131 e. The summed E-state index contributed by atoms with van der Waals surface area (Å²) in [6.45, 7) is 2.33. The lowest BCUT2D eigenvalue weighted by molar-refractivity contribution is 0.256. The van der Waals surface area contributed by atoms with Crippen LogP contribution >= 0.6 is 24.8 Å². The normalized spacial score (nSPS) is 16.0. The lowest BCUT2D eigenvalue weighted by atomic mass is 9.89. The van der Waals surface area contributed by atoms with Gasteiger partial charge in [-0.3, -0.25) is 0 Å². The third kappa shape index (κ3) is 4.64. The second-order valence-electron chi connectivity index (χ2n) is 6.91. The van der Waals surface area contributed by atoms with Crippen LogP contribution in [0.3, 0.4) is 0 Å². The highest BCUT2D eigenvalue weighted by molar-refractivity contribution is 5.99. The molecule has 1 saturated heterocycles. The third-order valence-corrected chi connectivity index (χ3v) is 5.17. The van der Waals surface area contributed by atoms with Crippen molar-refractivity contribution in [1.29, 1.82) is 0 Å². The van der Waals surface area contributed by atoms with E-state index >= 15 is 0 Å². The van der Waals surface area contributed by atoms with Crippen LogP contribution in [0, 0.1) is 0 Å². The molecular formula is C21H26Cl2N4. The minimum absolute atomic E-state index is 0. The van der Waals surface area contributed by atoms with Crippen molar-refractivity contribution in [3.05, 3.63) is 65.9 Å². The first-order valence-electron chi connectivity index (χ1n) is 8.90. The molecule has 2 aromatic carbocycles. The van der Waals surface area contributed by atoms with Crippen molar-refractivity contribution in [2.24, 2.45) is 10.7 Å². The van der Waals surface area contributed by atoms with Gasteiger partial charge in [-0.1, -0.05) is 30.3 Å². The van der Waals surface area contributed by atoms with E-state index in [1.54, 1.807) is 0 Å². The van der Waals surface area contributed by atoms with Crippen LogP contribution in [0.1, 0.15) is 29.9 Å². The molecule has 1 fully saturated rings. The Balaban J connectivity index is 0.00000131. The lowest BCUT2D eigenvalue weighted by Crippen LogP contribution is -2.29. The maximum atomic E-state index is 6.18. The molecule has 27 heavy (non-hydrogen) atoms. The van der Waals surface area contributed by atoms with Crippen LogP contribution in [0.4, 0.5) is 5.69 Å². The summed E-state index contributed by atoms with van der Waals surface area (Å²) in [5, 5.41) is 1.27. The molecule has 0 saturated carbocycles. The lowest BCUT2D eigenvalue weighted by Gasteiger charge is -2.28. The van der Waals surface area contributed by atoms with E-state index in [0.717, 1.165) is 24.3 Å². The monoisotopic (exact) mass is 404 g/mol. The van der Waals surface area contributed by atoms with Crippen LogP contribution in [-0.2, 0) is 0 Å². The number of fused-ring (bicyclic) bond motifs is 1. The molecule has 0 radical (unpaired) electrons. The molecule has 0 unspecified atom stereocenters. The van der Waals surface area contributed by atoms with Gasteiger partial charge in [0.1, 0.15) is 5.84 Å². The van der Waals surface area contributed by atoms with Gasteiger partial charge in [0, 0.05) is 22.7 Å². The highest BCUT2D eigenvalue weighted by Gasteiger charge is 2.21. The van der Waals surface area contributed by atoms with Gasteiger partial charge in [0.15, 0.2) is 0 Å². The molecule has 4 rings (SSSR count). The third-order valence-electron chi connectivity index (χ3n) is 5.17. The van der Waals surface area contributed by atoms with Crippen molar-refractivity contribution in [3.8, 4) is 0 Å². The van der Waals surface area contributed by atoms with E-state index in [2.05, 4.69) is 40.3 Å². The summed E-state index contributed by atoms with van der Waals surface area (Å²) in [6.07, 6.45) is 4.60. The van der Waals surface area contributed by atoms with Crippen molar-refractivity contribution in [3.63, 3.8) is 0 Å². The number of nitrogens with zero attached hydrogens (tertiary/aromatic N) is 2. The fraction of sp³-hybridized carbons (Fsp3) is 0.286. The zero-order chi connectivity index (χ0) is 17.2. The second-order valence-corrected chi connectivity index (χ2v) is 6.91. The Morgan fingerprint density at radius 1 is 1.07 bits per heavy atom. The first-order chi connectivity index (χ1) is 12.2. The molecule has 4 nitrogen and oxygen atoms in total. The number of aromatic nitrogens is 1. The molecule has 0 atom stereocenters. The van der Waals surface area contributed by atoms with Gasteiger partial charge in [0.25, 0.3) is 0 Å². The van der Waals surface area contributed by atoms with E-state index in [9.17, 15) is 0 Å². The van der Waals surface area contributed by atoms with Crippen molar-refractivity contribution in [2.45, 2.75) is 18.8 Å². The average Bonchev–Trinajstić information content (AvgIpc) is 3.06. The fourth-order valence-electron chi connectivity index (χ4n) is 3.67. The van der Waals surface area contributed by atoms with E-state index in [0.29, 0.717) is 11.8 Å². The number of nitrogens with one attached hydrogen (secondary N) is 1. The summed E-state index contributed by atoms with van der Waals surface area (Å²) >= 11 is 0. The summed E-state index contributed by atoms with van der Waals surface area (Å²) in [6, 6.07) is 16.2. The largest absolute Gasteiger partial charge is 0.383 e. The number of aliphatic imine (C=N–C) groups is 1. The summed E-state index contributed by atoms with van der Waals surface area (Å²) in [5.41, 5.74) is 10.6. The van der Waals surface area contributed by atoms with Crippen molar-refractivity contribution < 1.29 is 0 Å². The zero-order valence-electron chi connectivity index (χ0n) is 15.4. The number of likely N-dealkylation sites (tertiary alicyclic amines) is 1. The minimum Gasteiger partial charge on any atom is -0.383 e. The maximum Gasteiger partial charge on any atom is 0.131 e. The molecule has 3 N–H and O–H groups in total. The quantitative estimate of drug-likeness (QED) is 0.483. The fourth-order valence-corrected chi connectivity index (χ4v) is 3.67. The number of benzene rings is 2. The summed E-state index contributed by atoms with van der Waals surface area (Å²) in [4.78, 5) is 10.4. The van der Waals surface area contributed by atoms with Gasteiger partial charge >= 0.3 is 0 Å². The first kappa shape index (κ1) is 21.3. The molecule has 1 aliphatic heterocycles. The Labute approximate surface area is 172 Å². The van der Waals surface area contributed by atoms with Crippen molar-refractivity contribution >= 4 is 47.2 Å². The minimum atomic E-state index is 0. The predicted octanol–water partition coefficient (Wildman–Crippen LogP) is 4.86. The first-order valence-corrected chi connectivity index (χ1v) is 8.90. The Hall–Kier alpha value is -2.01. The highest BCUT2D eigenvalue weighted by Crippen LogP contribution is 2.34. The Morgan fingerprint density at radius 3 is 2.48 bits per heavy atom. The molecule has 0 aliphatic carbocycles. The summed E-state index contributed by atoms with van der Waals surface area (Å²) in [5.74, 6) is 1.17. The average molecular weight is 405 g/mol.